The molecule has 0 bridgehead atoms. The summed E-state index contributed by atoms with van der Waals surface area (Å²) >= 11 is 0. The van der Waals surface area contributed by atoms with E-state index in [1.165, 1.54) is 19.3 Å². The van der Waals surface area contributed by atoms with Gasteiger partial charge < -0.3 is 19.0 Å². The molecule has 0 unspecified atom stereocenters. The van der Waals surface area contributed by atoms with Crippen molar-refractivity contribution in [3.8, 4) is 11.3 Å². The molecule has 1 aliphatic rings. The van der Waals surface area contributed by atoms with Gasteiger partial charge in [-0.2, -0.15) is 15.0 Å². The van der Waals surface area contributed by atoms with Crippen LogP contribution in [0, 0.1) is 6.92 Å². The molecule has 2 aromatic heterocycles. The molecule has 2 aromatic carbocycles. The number of ether oxygens (including phenoxy) is 1. The molecule has 47 heavy (non-hydrogen) atoms. The van der Waals surface area contributed by atoms with Gasteiger partial charge in [-0.25, -0.2) is 10.6 Å². The molecule has 3 heterocycles. The average molecular weight is 645 g/mol. The van der Waals surface area contributed by atoms with Crippen molar-refractivity contribution in [3.05, 3.63) is 69.9 Å². The quantitative estimate of drug-likeness (QED) is 0.118. The molecule has 1 saturated heterocycles. The van der Waals surface area contributed by atoms with Gasteiger partial charge >= 0.3 is 5.97 Å². The van der Waals surface area contributed by atoms with Crippen LogP contribution in [0.15, 0.2) is 57.7 Å². The standard InChI is InChI=1S/C24H25NO4.C11H23N7/c1-17-21(26)19-11-8-12-20(23(19)29-22(17)18-9-4-2-5-10-18)24(27)28-16-15-25-13-6-3-7-14-25;1-5-17(6-2)10-13-9(16-12)14-11(15-10)18(7-3)8-4/h2,4-5,8-12H,3,6-7,13-16H2,1H3;5-8,12H2,1-4H3,(H,13,14,15,16). The molecular weight excluding hydrogens is 596 g/mol. The predicted octanol–water partition coefficient (Wildman–Crippen LogP) is 5.26. The van der Waals surface area contributed by atoms with Gasteiger partial charge in [-0.1, -0.05) is 42.8 Å². The fraction of sp³-hybridized carbons (Fsp3) is 0.457. The number of carbonyl (C=O) groups excluding carboxylic acids is 1. The van der Waals surface area contributed by atoms with E-state index in [0.717, 1.165) is 51.4 Å². The SMILES string of the molecule is CCN(CC)c1nc(NN)nc(N(CC)CC)n1.Cc1c(-c2ccccc2)oc2c(C(=O)OCCN3CCCCC3)cccc2c1=O. The topological polar surface area (TPSA) is 143 Å². The second kappa shape index (κ2) is 17.4. The summed E-state index contributed by atoms with van der Waals surface area (Å²) in [5.41, 5.74) is 4.27. The van der Waals surface area contributed by atoms with Gasteiger partial charge in [0.2, 0.25) is 17.8 Å². The van der Waals surface area contributed by atoms with E-state index in [4.69, 9.17) is 15.0 Å². The molecule has 252 valence electrons. The van der Waals surface area contributed by atoms with Gasteiger partial charge in [0.25, 0.3) is 0 Å². The Morgan fingerprint density at radius 3 is 2.09 bits per heavy atom. The highest BCUT2D eigenvalue weighted by Crippen LogP contribution is 2.27. The summed E-state index contributed by atoms with van der Waals surface area (Å²) < 4.78 is 11.6. The zero-order chi connectivity index (χ0) is 33.8. The summed E-state index contributed by atoms with van der Waals surface area (Å²) in [4.78, 5) is 45.2. The Hall–Kier alpha value is -4.55. The van der Waals surface area contributed by atoms with Crippen LogP contribution < -0.4 is 26.5 Å². The van der Waals surface area contributed by atoms with E-state index in [1.54, 1.807) is 25.1 Å². The summed E-state index contributed by atoms with van der Waals surface area (Å²) in [6, 6.07) is 14.5. The first-order valence-electron chi connectivity index (χ1n) is 16.6. The minimum Gasteiger partial charge on any atom is -0.461 e. The van der Waals surface area contributed by atoms with Crippen LogP contribution in [0.3, 0.4) is 0 Å². The van der Waals surface area contributed by atoms with Crippen LogP contribution in [0.5, 0.6) is 0 Å². The Balaban J connectivity index is 0.000000240. The molecule has 1 fully saturated rings. The molecule has 5 rings (SSSR count). The smallest absolute Gasteiger partial charge is 0.342 e. The third kappa shape index (κ3) is 8.83. The van der Waals surface area contributed by atoms with Crippen LogP contribution in [0.4, 0.5) is 17.8 Å². The number of carbonyl (C=O) groups is 1. The first-order chi connectivity index (χ1) is 22.8. The lowest BCUT2D eigenvalue weighted by atomic mass is 10.0. The number of benzene rings is 2. The predicted molar refractivity (Wildman–Crippen MR) is 188 cm³/mol. The second-order valence-corrected chi connectivity index (χ2v) is 11.2. The molecule has 3 N–H and O–H groups in total. The summed E-state index contributed by atoms with van der Waals surface area (Å²) in [5, 5.41) is 0.396. The molecule has 0 aliphatic carbocycles. The number of hydrazine groups is 1. The lowest BCUT2D eigenvalue weighted by Gasteiger charge is -2.25. The first-order valence-corrected chi connectivity index (χ1v) is 16.6. The molecule has 0 spiro atoms. The highest BCUT2D eigenvalue weighted by molar-refractivity contribution is 6.02. The van der Waals surface area contributed by atoms with Crippen molar-refractivity contribution < 1.29 is 13.9 Å². The number of nitrogens with two attached hydrogens (primary N) is 1. The lowest BCUT2D eigenvalue weighted by Crippen LogP contribution is -2.33. The minimum atomic E-state index is -0.460. The van der Waals surface area contributed by atoms with Crippen LogP contribution in [0.2, 0.25) is 0 Å². The molecule has 0 amide bonds. The highest BCUT2D eigenvalue weighted by atomic mass is 16.5. The van der Waals surface area contributed by atoms with Crippen molar-refractivity contribution in [1.82, 2.24) is 19.9 Å². The van der Waals surface area contributed by atoms with Gasteiger partial charge in [0.05, 0.1) is 5.39 Å². The van der Waals surface area contributed by atoms with Crippen LogP contribution in [-0.4, -0.2) is 78.2 Å². The van der Waals surface area contributed by atoms with Crippen LogP contribution >= 0.6 is 0 Å². The van der Waals surface area contributed by atoms with Crippen molar-refractivity contribution in [2.45, 2.75) is 53.9 Å². The highest BCUT2D eigenvalue weighted by Gasteiger charge is 2.20. The maximum atomic E-state index is 12.9. The molecule has 0 radical (unpaired) electrons. The number of piperidine rings is 1. The number of aromatic nitrogens is 3. The number of rotatable bonds is 12. The van der Waals surface area contributed by atoms with E-state index in [0.29, 0.717) is 41.2 Å². The zero-order valence-corrected chi connectivity index (χ0v) is 28.3. The Morgan fingerprint density at radius 1 is 0.894 bits per heavy atom. The van der Waals surface area contributed by atoms with E-state index < -0.39 is 5.97 Å². The summed E-state index contributed by atoms with van der Waals surface area (Å²) in [6.07, 6.45) is 3.67. The normalized spacial score (nSPS) is 13.1. The number of para-hydroxylation sites is 1. The molecule has 12 nitrogen and oxygen atoms in total. The van der Waals surface area contributed by atoms with Gasteiger partial charge in [0.1, 0.15) is 17.9 Å². The minimum absolute atomic E-state index is 0.131. The number of fused-ring (bicyclic) bond motifs is 1. The van der Waals surface area contributed by atoms with E-state index in [2.05, 4.69) is 62.8 Å². The molecule has 12 heteroatoms. The molecule has 0 saturated carbocycles. The van der Waals surface area contributed by atoms with Gasteiger partial charge in [-0.3, -0.25) is 15.1 Å². The number of anilines is 3. The summed E-state index contributed by atoms with van der Waals surface area (Å²) in [6.45, 7) is 16.6. The third-order valence-electron chi connectivity index (χ3n) is 8.32. The molecule has 0 atom stereocenters. The van der Waals surface area contributed by atoms with Gasteiger partial charge in [-0.05, 0) is 72.7 Å². The van der Waals surface area contributed by atoms with Crippen LogP contribution in [-0.2, 0) is 4.74 Å². The number of hydrogen-bond donors (Lipinski definition) is 2. The van der Waals surface area contributed by atoms with Gasteiger partial charge in [-0.15, -0.1) is 0 Å². The van der Waals surface area contributed by atoms with E-state index >= 15 is 0 Å². The van der Waals surface area contributed by atoms with Crippen molar-refractivity contribution in [2.24, 2.45) is 5.84 Å². The van der Waals surface area contributed by atoms with Crippen molar-refractivity contribution in [3.63, 3.8) is 0 Å². The third-order valence-corrected chi connectivity index (χ3v) is 8.32. The molecule has 1 aliphatic heterocycles. The largest absolute Gasteiger partial charge is 0.461 e. The van der Waals surface area contributed by atoms with Crippen molar-refractivity contribution in [1.29, 1.82) is 0 Å². The number of nitrogens with zero attached hydrogens (tertiary/aromatic N) is 6. The van der Waals surface area contributed by atoms with Gasteiger partial charge in [0.15, 0.2) is 11.0 Å². The second-order valence-electron chi connectivity index (χ2n) is 11.2. The molecular formula is C35H48N8O4. The average Bonchev–Trinajstić information content (AvgIpc) is 3.11. The zero-order valence-electron chi connectivity index (χ0n) is 28.3. The Morgan fingerprint density at radius 2 is 1.51 bits per heavy atom. The monoisotopic (exact) mass is 644 g/mol. The van der Waals surface area contributed by atoms with Crippen molar-refractivity contribution >= 4 is 34.8 Å². The number of hydrogen-bond acceptors (Lipinski definition) is 12. The maximum Gasteiger partial charge on any atom is 0.342 e. The van der Waals surface area contributed by atoms with Crippen molar-refractivity contribution in [2.75, 3.05) is 67.6 Å². The van der Waals surface area contributed by atoms with Gasteiger partial charge in [0, 0.05) is 43.9 Å². The Labute approximate surface area is 276 Å². The summed E-state index contributed by atoms with van der Waals surface area (Å²) in [7, 11) is 0. The van der Waals surface area contributed by atoms with E-state index in [1.807, 2.05) is 30.3 Å². The fourth-order valence-electron chi connectivity index (χ4n) is 5.58. The first kappa shape index (κ1) is 35.3. The maximum absolute atomic E-state index is 12.9. The number of likely N-dealkylation sites (tertiary alicyclic amines) is 1. The fourth-order valence-corrected chi connectivity index (χ4v) is 5.58. The number of esters is 1. The van der Waals surface area contributed by atoms with Crippen LogP contribution in [0.25, 0.3) is 22.3 Å². The summed E-state index contributed by atoms with van der Waals surface area (Å²) in [5.74, 6) is 7.15. The number of nitrogen functional groups attached to an aromatic ring is 1. The van der Waals surface area contributed by atoms with Crippen LogP contribution in [0.1, 0.15) is 62.9 Å². The number of nitrogens with one attached hydrogen (secondary N) is 1. The Kier molecular flexibility index (Phi) is 13.1. The Bertz CT molecular complexity index is 1620. The van der Waals surface area contributed by atoms with E-state index in [-0.39, 0.29) is 16.6 Å². The lowest BCUT2D eigenvalue weighted by molar-refractivity contribution is 0.0453. The van der Waals surface area contributed by atoms with E-state index in [9.17, 15) is 9.59 Å². The molecule has 4 aromatic rings.